The number of alkyl halides is 2. The van der Waals surface area contributed by atoms with Crippen LogP contribution in [0.1, 0.15) is 46.1 Å². The molecule has 2 amide bonds. The number of rotatable bonds is 1. The third-order valence-electron chi connectivity index (χ3n) is 4.99. The van der Waals surface area contributed by atoms with Crippen LogP contribution in [0, 0.1) is 5.82 Å². The van der Waals surface area contributed by atoms with E-state index in [0.717, 1.165) is 12.1 Å². The molecule has 1 aliphatic heterocycles. The molecule has 2 aliphatic rings. The van der Waals surface area contributed by atoms with Crippen molar-refractivity contribution in [2.75, 3.05) is 0 Å². The summed E-state index contributed by atoms with van der Waals surface area (Å²) in [5.74, 6) is -5.98. The number of nitrogens with one attached hydrogen (secondary N) is 1. The van der Waals surface area contributed by atoms with Crippen LogP contribution in [0.5, 0.6) is 0 Å². The number of carbonyl (C=O) groups excluding carboxylic acids is 2. The Kier molecular flexibility index (Phi) is 3.10. The largest absolute Gasteiger partial charge is 0.291 e. The van der Waals surface area contributed by atoms with Crippen molar-refractivity contribution in [2.24, 2.45) is 0 Å². The highest BCUT2D eigenvalue weighted by atomic mass is 19.3. The van der Waals surface area contributed by atoms with Gasteiger partial charge in [0.2, 0.25) is 5.91 Å². The minimum atomic E-state index is -3.44. The Morgan fingerprint density at radius 3 is 2.72 bits per heavy atom. The van der Waals surface area contributed by atoms with Gasteiger partial charge in [-0.2, -0.15) is 0 Å². The van der Waals surface area contributed by atoms with Gasteiger partial charge in [-0.1, -0.05) is 6.07 Å². The van der Waals surface area contributed by atoms with Gasteiger partial charge in [-0.05, 0) is 42.2 Å². The van der Waals surface area contributed by atoms with E-state index in [4.69, 9.17) is 0 Å². The van der Waals surface area contributed by atoms with Crippen molar-refractivity contribution in [3.8, 4) is 0 Å². The van der Waals surface area contributed by atoms with Crippen LogP contribution in [0.4, 0.5) is 13.2 Å². The zero-order valence-corrected chi connectivity index (χ0v) is 13.2. The fourth-order valence-corrected chi connectivity index (χ4v) is 3.83. The number of hydrogen-bond donors (Lipinski definition) is 1. The maximum absolute atomic E-state index is 14.2. The molecule has 7 heteroatoms. The van der Waals surface area contributed by atoms with Gasteiger partial charge < -0.3 is 0 Å². The third-order valence-corrected chi connectivity index (χ3v) is 4.99. The molecule has 1 aromatic carbocycles. The molecule has 1 aromatic heterocycles. The van der Waals surface area contributed by atoms with Gasteiger partial charge in [0.1, 0.15) is 11.2 Å². The van der Waals surface area contributed by atoms with Crippen LogP contribution in [-0.2, 0) is 22.6 Å². The summed E-state index contributed by atoms with van der Waals surface area (Å²) in [6.07, 6.45) is 2.33. The molecule has 0 fully saturated rings. The summed E-state index contributed by atoms with van der Waals surface area (Å²) in [5.41, 5.74) is -0.871. The van der Waals surface area contributed by atoms with Gasteiger partial charge in [0.15, 0.2) is 0 Å². The molecule has 4 nitrogen and oxygen atoms in total. The second-order valence-corrected chi connectivity index (χ2v) is 6.45. The summed E-state index contributed by atoms with van der Waals surface area (Å²) < 4.78 is 41.8. The lowest BCUT2D eigenvalue weighted by Crippen LogP contribution is -2.52. The van der Waals surface area contributed by atoms with Crippen molar-refractivity contribution in [2.45, 2.75) is 31.1 Å². The summed E-state index contributed by atoms with van der Waals surface area (Å²) in [6, 6.07) is 5.10. The molecule has 2 aromatic rings. The number of carbonyl (C=O) groups is 2. The molecule has 0 saturated heterocycles. The molecule has 1 N–H and O–H groups in total. The molecule has 1 aliphatic carbocycles. The number of nitrogens with zero attached hydrogens (tertiary/aromatic N) is 1. The first kappa shape index (κ1) is 15.8. The fourth-order valence-electron chi connectivity index (χ4n) is 3.83. The second-order valence-electron chi connectivity index (χ2n) is 6.45. The molecule has 0 bridgehead atoms. The molecule has 128 valence electrons. The molecule has 0 saturated carbocycles. The van der Waals surface area contributed by atoms with Crippen LogP contribution < -0.4 is 5.32 Å². The van der Waals surface area contributed by atoms with E-state index < -0.39 is 34.5 Å². The Morgan fingerprint density at radius 2 is 2.00 bits per heavy atom. The highest BCUT2D eigenvalue weighted by Crippen LogP contribution is 2.48. The normalized spacial score (nSPS) is 21.9. The number of pyridine rings is 1. The number of hydrogen-bond acceptors (Lipinski definition) is 3. The Labute approximate surface area is 141 Å². The Hall–Kier alpha value is -2.70. The lowest BCUT2D eigenvalue weighted by atomic mass is 9.70. The summed E-state index contributed by atoms with van der Waals surface area (Å²) in [7, 11) is 0. The molecule has 0 radical (unpaired) electrons. The van der Waals surface area contributed by atoms with E-state index in [0.29, 0.717) is 24.6 Å². The molecular weight excluding hydrogens is 333 g/mol. The molecule has 1 atom stereocenters. The molecular formula is C18H13F3N2O2. The summed E-state index contributed by atoms with van der Waals surface area (Å²) in [4.78, 5) is 29.2. The van der Waals surface area contributed by atoms with Crippen LogP contribution >= 0.6 is 0 Å². The summed E-state index contributed by atoms with van der Waals surface area (Å²) >= 11 is 0. The minimum absolute atomic E-state index is 0.0956. The molecule has 25 heavy (non-hydrogen) atoms. The number of halogens is 3. The van der Waals surface area contributed by atoms with Crippen molar-refractivity contribution in [3.05, 3.63) is 64.2 Å². The smallest absolute Gasteiger partial charge is 0.273 e. The summed E-state index contributed by atoms with van der Waals surface area (Å²) in [5, 5.41) is 2.23. The number of benzene rings is 1. The van der Waals surface area contributed by atoms with E-state index in [9.17, 15) is 22.8 Å². The maximum Gasteiger partial charge on any atom is 0.273 e. The predicted octanol–water partition coefficient (Wildman–Crippen LogP) is 2.83. The molecule has 1 spiro atoms. The first-order chi connectivity index (χ1) is 11.7. The number of imide groups is 1. The van der Waals surface area contributed by atoms with Crippen LogP contribution in [0.25, 0.3) is 0 Å². The lowest BCUT2D eigenvalue weighted by Gasteiger charge is -2.35. The van der Waals surface area contributed by atoms with Crippen molar-refractivity contribution in [1.82, 2.24) is 10.3 Å². The van der Waals surface area contributed by atoms with E-state index in [1.807, 2.05) is 0 Å². The predicted molar refractivity (Wildman–Crippen MR) is 81.8 cm³/mol. The van der Waals surface area contributed by atoms with E-state index in [1.165, 1.54) is 0 Å². The standard InChI is InChI=1S/C18H13F3N2O2/c1-17(20,21)12-8-11-9(7-13(12)19)15(24)23-16(25)18(11)5-4-14-10(18)3-2-6-22-14/h2-3,6-8H,4-5H2,1H3,(H,23,24,25). The van der Waals surface area contributed by atoms with Crippen molar-refractivity contribution in [3.63, 3.8) is 0 Å². The number of aryl methyl sites for hydroxylation is 1. The minimum Gasteiger partial charge on any atom is -0.291 e. The monoisotopic (exact) mass is 346 g/mol. The Balaban J connectivity index is 2.06. The summed E-state index contributed by atoms with van der Waals surface area (Å²) in [6.45, 7) is 0.583. The Morgan fingerprint density at radius 1 is 1.24 bits per heavy atom. The highest BCUT2D eigenvalue weighted by molar-refractivity contribution is 6.15. The van der Waals surface area contributed by atoms with E-state index in [-0.39, 0.29) is 17.5 Å². The van der Waals surface area contributed by atoms with Gasteiger partial charge in [-0.25, -0.2) is 13.2 Å². The van der Waals surface area contributed by atoms with Gasteiger partial charge in [0.25, 0.3) is 11.8 Å². The van der Waals surface area contributed by atoms with Gasteiger partial charge >= 0.3 is 0 Å². The topological polar surface area (TPSA) is 59.1 Å². The molecule has 1 unspecified atom stereocenters. The first-order valence-electron chi connectivity index (χ1n) is 7.77. The maximum atomic E-state index is 14.2. The zero-order chi connectivity index (χ0) is 18.0. The average molecular weight is 346 g/mol. The van der Waals surface area contributed by atoms with Crippen molar-refractivity contribution >= 4 is 11.8 Å². The lowest BCUT2D eigenvalue weighted by molar-refractivity contribution is -0.124. The number of fused-ring (bicyclic) bond motifs is 4. The Bertz CT molecular complexity index is 936. The van der Waals surface area contributed by atoms with E-state index in [1.54, 1.807) is 18.3 Å². The van der Waals surface area contributed by atoms with Gasteiger partial charge in [-0.3, -0.25) is 19.9 Å². The first-order valence-corrected chi connectivity index (χ1v) is 7.77. The zero-order valence-electron chi connectivity index (χ0n) is 13.2. The van der Waals surface area contributed by atoms with Crippen molar-refractivity contribution in [1.29, 1.82) is 0 Å². The SMILES string of the molecule is CC(F)(F)c1cc2c(cc1F)C(=O)NC(=O)C21CCc2ncccc21. The van der Waals surface area contributed by atoms with E-state index >= 15 is 0 Å². The van der Waals surface area contributed by atoms with Crippen molar-refractivity contribution < 1.29 is 22.8 Å². The molecule has 4 rings (SSSR count). The van der Waals surface area contributed by atoms with Crippen LogP contribution in [0.15, 0.2) is 30.5 Å². The van der Waals surface area contributed by atoms with Gasteiger partial charge in [0, 0.05) is 24.4 Å². The van der Waals surface area contributed by atoms with Crippen LogP contribution in [-0.4, -0.2) is 16.8 Å². The van der Waals surface area contributed by atoms with Crippen LogP contribution in [0.3, 0.4) is 0 Å². The molecule has 2 heterocycles. The third kappa shape index (κ3) is 2.04. The highest BCUT2D eigenvalue weighted by Gasteiger charge is 2.53. The fraction of sp³-hybridized carbons (Fsp3) is 0.278. The van der Waals surface area contributed by atoms with Crippen LogP contribution in [0.2, 0.25) is 0 Å². The number of aromatic nitrogens is 1. The van der Waals surface area contributed by atoms with Gasteiger partial charge in [0.05, 0.1) is 5.56 Å². The van der Waals surface area contributed by atoms with Gasteiger partial charge in [-0.15, -0.1) is 0 Å². The van der Waals surface area contributed by atoms with E-state index in [2.05, 4.69) is 10.3 Å². The quantitative estimate of drug-likeness (QED) is 0.808. The average Bonchev–Trinajstić information content (AvgIpc) is 2.92. The number of amides is 2. The second kappa shape index (κ2) is 4.91.